The van der Waals surface area contributed by atoms with Crippen molar-refractivity contribution in [3.63, 3.8) is 0 Å². The van der Waals surface area contributed by atoms with E-state index in [1.807, 2.05) is 31.2 Å². The second-order valence-electron chi connectivity index (χ2n) is 4.99. The molecule has 1 aliphatic carbocycles. The molecule has 1 fully saturated rings. The molecule has 2 aromatic rings. The van der Waals surface area contributed by atoms with Crippen molar-refractivity contribution in [2.75, 3.05) is 0 Å². The molecule has 98 valence electrons. The molecule has 0 bridgehead atoms. The standard InChI is InChI=1S/C15H16BrN3/c1-10-8-14(9-17-13-6-7-13)19-15(18-10)11-2-4-12(16)5-3-11/h2-5,8,13,17H,6-7,9H2,1H3. The zero-order valence-electron chi connectivity index (χ0n) is 10.9. The summed E-state index contributed by atoms with van der Waals surface area (Å²) in [5.74, 6) is 0.806. The van der Waals surface area contributed by atoms with Crippen LogP contribution in [0.1, 0.15) is 24.2 Å². The topological polar surface area (TPSA) is 37.8 Å². The van der Waals surface area contributed by atoms with Crippen LogP contribution in [-0.2, 0) is 6.54 Å². The number of nitrogens with zero attached hydrogens (tertiary/aromatic N) is 2. The number of hydrogen-bond acceptors (Lipinski definition) is 3. The fourth-order valence-electron chi connectivity index (χ4n) is 1.99. The summed E-state index contributed by atoms with van der Waals surface area (Å²) in [5, 5.41) is 3.49. The lowest BCUT2D eigenvalue weighted by Crippen LogP contribution is -2.16. The highest BCUT2D eigenvalue weighted by Crippen LogP contribution is 2.21. The Bertz CT molecular complexity index is 576. The maximum atomic E-state index is 4.64. The summed E-state index contributed by atoms with van der Waals surface area (Å²) in [6.45, 7) is 2.85. The van der Waals surface area contributed by atoms with Crippen LogP contribution in [0.2, 0.25) is 0 Å². The number of rotatable bonds is 4. The van der Waals surface area contributed by atoms with Gasteiger partial charge >= 0.3 is 0 Å². The predicted octanol–water partition coefficient (Wildman–Crippen LogP) is 3.47. The van der Waals surface area contributed by atoms with Crippen molar-refractivity contribution in [3.05, 3.63) is 46.2 Å². The number of nitrogens with one attached hydrogen (secondary N) is 1. The van der Waals surface area contributed by atoms with E-state index in [1.165, 1.54) is 12.8 Å². The third-order valence-electron chi connectivity index (χ3n) is 3.16. The largest absolute Gasteiger partial charge is 0.308 e. The van der Waals surface area contributed by atoms with E-state index in [1.54, 1.807) is 0 Å². The Kier molecular flexibility index (Phi) is 3.62. The van der Waals surface area contributed by atoms with E-state index in [4.69, 9.17) is 0 Å². The maximum Gasteiger partial charge on any atom is 0.159 e. The average Bonchev–Trinajstić information content (AvgIpc) is 3.20. The molecule has 1 heterocycles. The summed E-state index contributed by atoms with van der Waals surface area (Å²) >= 11 is 3.44. The number of aromatic nitrogens is 2. The van der Waals surface area contributed by atoms with Crippen LogP contribution in [0.5, 0.6) is 0 Å². The lowest BCUT2D eigenvalue weighted by Gasteiger charge is -2.07. The summed E-state index contributed by atoms with van der Waals surface area (Å²) in [6, 6.07) is 10.9. The zero-order valence-corrected chi connectivity index (χ0v) is 12.4. The molecule has 0 radical (unpaired) electrons. The summed E-state index contributed by atoms with van der Waals surface area (Å²) < 4.78 is 1.07. The zero-order chi connectivity index (χ0) is 13.2. The highest BCUT2D eigenvalue weighted by molar-refractivity contribution is 9.10. The molecule has 3 nitrogen and oxygen atoms in total. The fraction of sp³-hybridized carbons (Fsp3) is 0.333. The van der Waals surface area contributed by atoms with Gasteiger partial charge in [-0.25, -0.2) is 9.97 Å². The van der Waals surface area contributed by atoms with Gasteiger partial charge in [-0.1, -0.05) is 28.1 Å². The Labute approximate surface area is 121 Å². The van der Waals surface area contributed by atoms with E-state index < -0.39 is 0 Å². The minimum atomic E-state index is 0.700. The Morgan fingerprint density at radius 2 is 1.95 bits per heavy atom. The molecular weight excluding hydrogens is 302 g/mol. The molecule has 4 heteroatoms. The van der Waals surface area contributed by atoms with Crippen LogP contribution < -0.4 is 5.32 Å². The van der Waals surface area contributed by atoms with Crippen LogP contribution in [0.15, 0.2) is 34.8 Å². The number of aryl methyl sites for hydroxylation is 1. The first-order valence-corrected chi connectivity index (χ1v) is 7.34. The number of benzene rings is 1. The summed E-state index contributed by atoms with van der Waals surface area (Å²) in [6.07, 6.45) is 2.59. The summed E-state index contributed by atoms with van der Waals surface area (Å²) in [4.78, 5) is 9.17. The van der Waals surface area contributed by atoms with E-state index in [0.29, 0.717) is 6.04 Å². The van der Waals surface area contributed by atoms with Gasteiger partial charge in [-0.2, -0.15) is 0 Å². The minimum Gasteiger partial charge on any atom is -0.308 e. The van der Waals surface area contributed by atoms with E-state index in [9.17, 15) is 0 Å². The molecule has 3 rings (SSSR count). The van der Waals surface area contributed by atoms with Crippen LogP contribution in [0, 0.1) is 6.92 Å². The average molecular weight is 318 g/mol. The molecule has 1 aromatic carbocycles. The van der Waals surface area contributed by atoms with Gasteiger partial charge in [0.1, 0.15) is 0 Å². The van der Waals surface area contributed by atoms with Crippen molar-refractivity contribution in [1.29, 1.82) is 0 Å². The Morgan fingerprint density at radius 3 is 2.63 bits per heavy atom. The SMILES string of the molecule is Cc1cc(CNC2CC2)nc(-c2ccc(Br)cc2)n1. The highest BCUT2D eigenvalue weighted by atomic mass is 79.9. The van der Waals surface area contributed by atoms with Crippen molar-refractivity contribution in [2.45, 2.75) is 32.4 Å². The Balaban J connectivity index is 1.85. The first kappa shape index (κ1) is 12.8. The van der Waals surface area contributed by atoms with Gasteiger partial charge in [0.05, 0.1) is 5.69 Å². The maximum absolute atomic E-state index is 4.64. The second-order valence-corrected chi connectivity index (χ2v) is 5.90. The van der Waals surface area contributed by atoms with Crippen molar-refractivity contribution >= 4 is 15.9 Å². The first-order chi connectivity index (χ1) is 9.20. The molecule has 1 aliphatic rings. The summed E-state index contributed by atoms with van der Waals surface area (Å²) in [7, 11) is 0. The van der Waals surface area contributed by atoms with Crippen molar-refractivity contribution in [3.8, 4) is 11.4 Å². The molecule has 19 heavy (non-hydrogen) atoms. The Morgan fingerprint density at radius 1 is 1.21 bits per heavy atom. The van der Waals surface area contributed by atoms with Crippen LogP contribution in [0.4, 0.5) is 0 Å². The van der Waals surface area contributed by atoms with E-state index in [-0.39, 0.29) is 0 Å². The van der Waals surface area contributed by atoms with Gasteiger partial charge < -0.3 is 5.32 Å². The smallest absolute Gasteiger partial charge is 0.159 e. The highest BCUT2D eigenvalue weighted by Gasteiger charge is 2.20. The quantitative estimate of drug-likeness (QED) is 0.938. The molecule has 0 unspecified atom stereocenters. The van der Waals surface area contributed by atoms with Gasteiger partial charge in [0.15, 0.2) is 5.82 Å². The monoisotopic (exact) mass is 317 g/mol. The second kappa shape index (κ2) is 5.39. The first-order valence-electron chi connectivity index (χ1n) is 6.54. The van der Waals surface area contributed by atoms with E-state index >= 15 is 0 Å². The molecule has 1 aromatic heterocycles. The molecule has 0 amide bonds. The molecule has 1 saturated carbocycles. The predicted molar refractivity (Wildman–Crippen MR) is 79.8 cm³/mol. The van der Waals surface area contributed by atoms with Crippen LogP contribution in [0.25, 0.3) is 11.4 Å². The summed E-state index contributed by atoms with van der Waals surface area (Å²) in [5.41, 5.74) is 3.14. The Hall–Kier alpha value is -1.26. The van der Waals surface area contributed by atoms with E-state index in [2.05, 4.69) is 37.3 Å². The molecule has 0 spiro atoms. The molecule has 0 saturated heterocycles. The number of hydrogen-bond donors (Lipinski definition) is 1. The molecule has 0 atom stereocenters. The van der Waals surface area contributed by atoms with Gasteiger partial charge in [0.25, 0.3) is 0 Å². The minimum absolute atomic E-state index is 0.700. The van der Waals surface area contributed by atoms with Gasteiger partial charge in [0, 0.05) is 28.3 Å². The van der Waals surface area contributed by atoms with Crippen molar-refractivity contribution in [1.82, 2.24) is 15.3 Å². The van der Waals surface area contributed by atoms with Crippen LogP contribution in [0.3, 0.4) is 0 Å². The third kappa shape index (κ3) is 3.39. The van der Waals surface area contributed by atoms with E-state index in [0.717, 1.165) is 33.8 Å². The lowest BCUT2D eigenvalue weighted by atomic mass is 10.2. The van der Waals surface area contributed by atoms with Crippen molar-refractivity contribution in [2.24, 2.45) is 0 Å². The normalized spacial score (nSPS) is 14.6. The van der Waals surface area contributed by atoms with Gasteiger partial charge in [-0.3, -0.25) is 0 Å². The molecule has 0 aliphatic heterocycles. The van der Waals surface area contributed by atoms with Gasteiger partial charge in [0.2, 0.25) is 0 Å². The number of halogens is 1. The van der Waals surface area contributed by atoms with Crippen molar-refractivity contribution < 1.29 is 0 Å². The molecular formula is C15H16BrN3. The molecule has 1 N–H and O–H groups in total. The lowest BCUT2D eigenvalue weighted by molar-refractivity contribution is 0.672. The third-order valence-corrected chi connectivity index (χ3v) is 3.69. The van der Waals surface area contributed by atoms with Crippen LogP contribution in [-0.4, -0.2) is 16.0 Å². The van der Waals surface area contributed by atoms with Gasteiger partial charge in [-0.15, -0.1) is 0 Å². The van der Waals surface area contributed by atoms with Crippen LogP contribution >= 0.6 is 15.9 Å². The van der Waals surface area contributed by atoms with Gasteiger partial charge in [-0.05, 0) is 38.0 Å². The fourth-order valence-corrected chi connectivity index (χ4v) is 2.25.